The van der Waals surface area contributed by atoms with Gasteiger partial charge in [0, 0.05) is 13.1 Å². The molecule has 0 radical (unpaired) electrons. The summed E-state index contributed by atoms with van der Waals surface area (Å²) in [5.74, 6) is 0. The highest BCUT2D eigenvalue weighted by Crippen LogP contribution is 2.23. The van der Waals surface area contributed by atoms with Crippen LogP contribution in [-0.2, 0) is 6.42 Å². The molecule has 0 spiro atoms. The summed E-state index contributed by atoms with van der Waals surface area (Å²) >= 11 is 1.66. The topological polar surface area (TPSA) is 49.2 Å². The fourth-order valence-corrected chi connectivity index (χ4v) is 2.40. The molecule has 1 saturated heterocycles. The van der Waals surface area contributed by atoms with E-state index in [2.05, 4.69) is 22.0 Å². The molecule has 2 heterocycles. The Morgan fingerprint density at radius 2 is 2.14 bits per heavy atom. The van der Waals surface area contributed by atoms with E-state index < -0.39 is 0 Å². The number of piperidine rings is 1. The van der Waals surface area contributed by atoms with Crippen molar-refractivity contribution in [3.05, 3.63) is 5.01 Å². The Hall–Kier alpha value is -0.680. The Balaban J connectivity index is 2.01. The van der Waals surface area contributed by atoms with Gasteiger partial charge in [0.25, 0.3) is 0 Å². The number of aromatic nitrogens is 2. The third-order valence-electron chi connectivity index (χ3n) is 2.49. The first-order valence-corrected chi connectivity index (χ1v) is 5.86. The Bertz CT molecular complexity index is 294. The second-order valence-corrected chi connectivity index (χ2v) is 4.59. The molecule has 1 N–H and O–H groups in total. The van der Waals surface area contributed by atoms with Crippen molar-refractivity contribution in [2.24, 2.45) is 0 Å². The lowest BCUT2D eigenvalue weighted by atomic mass is 10.1. The summed E-state index contributed by atoms with van der Waals surface area (Å²) in [5.41, 5.74) is 0. The summed E-state index contributed by atoms with van der Waals surface area (Å²) in [4.78, 5) is 2.21. The summed E-state index contributed by atoms with van der Waals surface area (Å²) in [6, 6.07) is 0. The van der Waals surface area contributed by atoms with Crippen molar-refractivity contribution in [2.45, 2.75) is 32.3 Å². The van der Waals surface area contributed by atoms with E-state index in [-0.39, 0.29) is 6.10 Å². The fraction of sp³-hybridized carbons (Fsp3) is 0.778. The van der Waals surface area contributed by atoms with Crippen molar-refractivity contribution < 1.29 is 5.11 Å². The van der Waals surface area contributed by atoms with Gasteiger partial charge in [-0.1, -0.05) is 18.3 Å². The zero-order valence-corrected chi connectivity index (χ0v) is 9.13. The van der Waals surface area contributed by atoms with Crippen LogP contribution in [0.4, 0.5) is 5.13 Å². The second-order valence-electron chi connectivity index (χ2n) is 3.55. The number of rotatable bonds is 2. The van der Waals surface area contributed by atoms with Crippen LogP contribution in [0.5, 0.6) is 0 Å². The summed E-state index contributed by atoms with van der Waals surface area (Å²) in [6.45, 7) is 3.89. The molecule has 2 rings (SSSR count). The molecular weight excluding hydrogens is 198 g/mol. The summed E-state index contributed by atoms with van der Waals surface area (Å²) in [7, 11) is 0. The van der Waals surface area contributed by atoms with Gasteiger partial charge >= 0.3 is 0 Å². The fourth-order valence-electron chi connectivity index (χ4n) is 1.57. The van der Waals surface area contributed by atoms with Gasteiger partial charge in [0.2, 0.25) is 5.13 Å². The molecule has 0 amide bonds. The van der Waals surface area contributed by atoms with E-state index in [9.17, 15) is 5.11 Å². The standard InChI is InChI=1S/C9H15N3OS/c1-2-8-10-11-9(14-8)12-5-3-7(13)4-6-12/h7,13H,2-6H2,1H3. The van der Waals surface area contributed by atoms with Gasteiger partial charge in [-0.05, 0) is 19.3 Å². The predicted molar refractivity (Wildman–Crippen MR) is 56.7 cm³/mol. The molecule has 0 atom stereocenters. The third kappa shape index (κ3) is 2.04. The maximum atomic E-state index is 9.37. The number of aliphatic hydroxyl groups excluding tert-OH is 1. The number of anilines is 1. The molecule has 1 aliphatic heterocycles. The van der Waals surface area contributed by atoms with Crippen LogP contribution in [-0.4, -0.2) is 34.5 Å². The monoisotopic (exact) mass is 213 g/mol. The van der Waals surface area contributed by atoms with E-state index in [0.717, 1.165) is 42.5 Å². The van der Waals surface area contributed by atoms with Crippen molar-refractivity contribution in [1.29, 1.82) is 0 Å². The quantitative estimate of drug-likeness (QED) is 0.798. The maximum Gasteiger partial charge on any atom is 0.208 e. The average molecular weight is 213 g/mol. The van der Waals surface area contributed by atoms with E-state index in [0.29, 0.717) is 0 Å². The third-order valence-corrected chi connectivity index (χ3v) is 3.62. The van der Waals surface area contributed by atoms with Gasteiger partial charge in [-0.2, -0.15) is 0 Å². The Morgan fingerprint density at radius 1 is 1.43 bits per heavy atom. The van der Waals surface area contributed by atoms with Gasteiger partial charge < -0.3 is 10.0 Å². The van der Waals surface area contributed by atoms with Gasteiger partial charge in [0.1, 0.15) is 5.01 Å². The first kappa shape index (κ1) is 9.86. The van der Waals surface area contributed by atoms with E-state index in [1.807, 2.05) is 0 Å². The SMILES string of the molecule is CCc1nnc(N2CCC(O)CC2)s1. The van der Waals surface area contributed by atoms with Gasteiger partial charge in [-0.15, -0.1) is 10.2 Å². The molecule has 5 heteroatoms. The summed E-state index contributed by atoms with van der Waals surface area (Å²) < 4.78 is 0. The highest BCUT2D eigenvalue weighted by atomic mass is 32.1. The van der Waals surface area contributed by atoms with Gasteiger partial charge in [0.15, 0.2) is 0 Å². The lowest BCUT2D eigenvalue weighted by Gasteiger charge is -2.28. The highest BCUT2D eigenvalue weighted by molar-refractivity contribution is 7.15. The smallest absolute Gasteiger partial charge is 0.208 e. The molecule has 1 aliphatic rings. The van der Waals surface area contributed by atoms with Crippen LogP contribution in [0.15, 0.2) is 0 Å². The average Bonchev–Trinajstić information content (AvgIpc) is 2.67. The van der Waals surface area contributed by atoms with Gasteiger partial charge in [0.05, 0.1) is 6.10 Å². The van der Waals surface area contributed by atoms with Crippen LogP contribution < -0.4 is 4.90 Å². The minimum Gasteiger partial charge on any atom is -0.393 e. The van der Waals surface area contributed by atoms with E-state index >= 15 is 0 Å². The largest absolute Gasteiger partial charge is 0.393 e. The molecule has 0 saturated carbocycles. The Kier molecular flexibility index (Phi) is 2.98. The van der Waals surface area contributed by atoms with Crippen LogP contribution in [0.2, 0.25) is 0 Å². The number of aliphatic hydroxyl groups is 1. The second kappa shape index (κ2) is 4.23. The summed E-state index contributed by atoms with van der Waals surface area (Å²) in [5, 5.41) is 19.7. The normalized spacial score (nSPS) is 18.9. The molecule has 14 heavy (non-hydrogen) atoms. The van der Waals surface area contributed by atoms with E-state index in [1.54, 1.807) is 11.3 Å². The molecule has 0 unspecified atom stereocenters. The number of hydrogen-bond acceptors (Lipinski definition) is 5. The van der Waals surface area contributed by atoms with Crippen LogP contribution >= 0.6 is 11.3 Å². The van der Waals surface area contributed by atoms with Crippen molar-refractivity contribution >= 4 is 16.5 Å². The zero-order chi connectivity index (χ0) is 9.97. The maximum absolute atomic E-state index is 9.37. The molecule has 0 bridgehead atoms. The van der Waals surface area contributed by atoms with E-state index in [4.69, 9.17) is 0 Å². The van der Waals surface area contributed by atoms with Gasteiger partial charge in [-0.3, -0.25) is 0 Å². The lowest BCUT2D eigenvalue weighted by Crippen LogP contribution is -2.35. The van der Waals surface area contributed by atoms with Crippen molar-refractivity contribution in [3.8, 4) is 0 Å². The molecule has 4 nitrogen and oxygen atoms in total. The highest BCUT2D eigenvalue weighted by Gasteiger charge is 2.19. The molecular formula is C9H15N3OS. The molecule has 0 aliphatic carbocycles. The Morgan fingerprint density at radius 3 is 2.71 bits per heavy atom. The van der Waals surface area contributed by atoms with Crippen LogP contribution in [0.3, 0.4) is 0 Å². The molecule has 78 valence electrons. The van der Waals surface area contributed by atoms with Crippen LogP contribution in [0.1, 0.15) is 24.8 Å². The molecule has 0 aromatic carbocycles. The predicted octanol–water partition coefficient (Wildman–Crippen LogP) is 1.06. The van der Waals surface area contributed by atoms with Crippen molar-refractivity contribution in [3.63, 3.8) is 0 Å². The molecule has 1 aromatic heterocycles. The first-order valence-electron chi connectivity index (χ1n) is 5.05. The Labute approximate surface area is 87.6 Å². The van der Waals surface area contributed by atoms with Gasteiger partial charge in [-0.25, -0.2) is 0 Å². The molecule has 1 aromatic rings. The van der Waals surface area contributed by atoms with Crippen LogP contribution in [0, 0.1) is 0 Å². The number of nitrogens with zero attached hydrogens (tertiary/aromatic N) is 3. The zero-order valence-electron chi connectivity index (χ0n) is 8.31. The number of hydrogen-bond donors (Lipinski definition) is 1. The van der Waals surface area contributed by atoms with Crippen molar-refractivity contribution in [1.82, 2.24) is 10.2 Å². The molecule has 1 fully saturated rings. The minimum atomic E-state index is -0.121. The lowest BCUT2D eigenvalue weighted by molar-refractivity contribution is 0.145. The summed E-state index contributed by atoms with van der Waals surface area (Å²) in [6.07, 6.45) is 2.53. The van der Waals surface area contributed by atoms with Crippen molar-refractivity contribution in [2.75, 3.05) is 18.0 Å². The first-order chi connectivity index (χ1) is 6.79. The van der Waals surface area contributed by atoms with Crippen LogP contribution in [0.25, 0.3) is 0 Å². The minimum absolute atomic E-state index is 0.121. The van der Waals surface area contributed by atoms with E-state index in [1.165, 1.54) is 0 Å². The number of aryl methyl sites for hydroxylation is 1.